The van der Waals surface area contributed by atoms with Crippen molar-refractivity contribution in [2.75, 3.05) is 6.79 Å². The van der Waals surface area contributed by atoms with E-state index in [1.165, 1.54) is 18.2 Å². The molecular weight excluding hydrogens is 211 g/mol. The molecule has 1 heterocycles. The highest BCUT2D eigenvalue weighted by atomic mass is 19.4. The van der Waals surface area contributed by atoms with Crippen LogP contribution in [0.5, 0.6) is 11.5 Å². The normalized spacial score (nSPS) is 16.5. The smallest absolute Gasteiger partial charge is 0.407 e. The molecule has 0 bridgehead atoms. The molecule has 1 atom stereocenters. The first-order valence-electron chi connectivity index (χ1n) is 4.20. The number of fused-ring (bicyclic) bond motifs is 1. The summed E-state index contributed by atoms with van der Waals surface area (Å²) < 4.78 is 46.8. The topological polar surface area (TPSA) is 44.5 Å². The van der Waals surface area contributed by atoms with Crippen LogP contribution in [0.25, 0.3) is 0 Å². The first-order valence-corrected chi connectivity index (χ1v) is 4.20. The van der Waals surface area contributed by atoms with Crippen LogP contribution in [0.4, 0.5) is 13.2 Å². The Morgan fingerprint density at radius 1 is 1.20 bits per heavy atom. The van der Waals surface area contributed by atoms with Crippen molar-refractivity contribution in [1.82, 2.24) is 0 Å². The van der Waals surface area contributed by atoms with Crippen LogP contribution in [0.2, 0.25) is 0 Å². The van der Waals surface area contributed by atoms with Gasteiger partial charge in [0.25, 0.3) is 0 Å². The number of hydrogen-bond acceptors (Lipinski definition) is 3. The molecule has 1 aliphatic heterocycles. The Morgan fingerprint density at radius 2 is 1.87 bits per heavy atom. The fourth-order valence-corrected chi connectivity index (χ4v) is 1.30. The van der Waals surface area contributed by atoms with Crippen molar-refractivity contribution in [3.05, 3.63) is 23.8 Å². The molecule has 3 nitrogen and oxygen atoms in total. The first-order chi connectivity index (χ1) is 6.98. The maximum Gasteiger partial charge on any atom is 0.407 e. The Bertz CT molecular complexity index is 378. The quantitative estimate of drug-likeness (QED) is 0.785. The van der Waals surface area contributed by atoms with Gasteiger partial charge in [-0.1, -0.05) is 6.07 Å². The molecule has 1 aromatic rings. The summed E-state index contributed by atoms with van der Waals surface area (Å²) in [6.07, 6.45) is -4.45. The largest absolute Gasteiger partial charge is 0.454 e. The highest BCUT2D eigenvalue weighted by molar-refractivity contribution is 5.45. The summed E-state index contributed by atoms with van der Waals surface area (Å²) in [7, 11) is 0. The van der Waals surface area contributed by atoms with Gasteiger partial charge in [0.05, 0.1) is 0 Å². The lowest BCUT2D eigenvalue weighted by atomic mass is 10.1. The summed E-state index contributed by atoms with van der Waals surface area (Å²) in [4.78, 5) is 0. The van der Waals surface area contributed by atoms with Crippen LogP contribution in [0, 0.1) is 0 Å². The van der Waals surface area contributed by atoms with Crippen molar-refractivity contribution in [3.63, 3.8) is 0 Å². The highest BCUT2D eigenvalue weighted by Gasteiger charge is 2.38. The molecule has 15 heavy (non-hydrogen) atoms. The number of benzene rings is 1. The van der Waals surface area contributed by atoms with E-state index in [9.17, 15) is 13.2 Å². The SMILES string of the molecule is NC(c1ccc2c(c1)OCO2)C(F)(F)F. The third-order valence-electron chi connectivity index (χ3n) is 2.11. The summed E-state index contributed by atoms with van der Waals surface area (Å²) in [6.45, 7) is 0.0278. The van der Waals surface area contributed by atoms with Crippen LogP contribution in [0.15, 0.2) is 18.2 Å². The van der Waals surface area contributed by atoms with E-state index in [-0.39, 0.29) is 12.4 Å². The van der Waals surface area contributed by atoms with Gasteiger partial charge in [-0.3, -0.25) is 0 Å². The zero-order valence-electron chi connectivity index (χ0n) is 7.54. The van der Waals surface area contributed by atoms with Gasteiger partial charge in [-0.05, 0) is 17.7 Å². The van der Waals surface area contributed by atoms with E-state index in [2.05, 4.69) is 0 Å². The second kappa shape index (κ2) is 3.30. The van der Waals surface area contributed by atoms with Crippen LogP contribution in [-0.4, -0.2) is 13.0 Å². The molecule has 82 valence electrons. The van der Waals surface area contributed by atoms with Crippen LogP contribution in [0.1, 0.15) is 11.6 Å². The van der Waals surface area contributed by atoms with E-state index >= 15 is 0 Å². The summed E-state index contributed by atoms with van der Waals surface area (Å²) in [5.74, 6) is 0.736. The van der Waals surface area contributed by atoms with Gasteiger partial charge in [0, 0.05) is 0 Å². The lowest BCUT2D eigenvalue weighted by Crippen LogP contribution is -2.28. The molecule has 1 aliphatic rings. The molecule has 0 spiro atoms. The highest BCUT2D eigenvalue weighted by Crippen LogP contribution is 2.37. The molecule has 0 amide bonds. The van der Waals surface area contributed by atoms with Crippen molar-refractivity contribution in [3.8, 4) is 11.5 Å². The van der Waals surface area contributed by atoms with Crippen molar-refractivity contribution < 1.29 is 22.6 Å². The van der Waals surface area contributed by atoms with Crippen LogP contribution < -0.4 is 15.2 Å². The van der Waals surface area contributed by atoms with E-state index in [0.717, 1.165) is 0 Å². The summed E-state index contributed by atoms with van der Waals surface area (Å²) in [5.41, 5.74) is 5.01. The minimum atomic E-state index is -4.45. The maximum absolute atomic E-state index is 12.3. The average molecular weight is 219 g/mol. The van der Waals surface area contributed by atoms with E-state index in [1.54, 1.807) is 0 Å². The molecule has 1 unspecified atom stereocenters. The number of hydrogen-bond donors (Lipinski definition) is 1. The van der Waals surface area contributed by atoms with Crippen LogP contribution in [-0.2, 0) is 0 Å². The van der Waals surface area contributed by atoms with E-state index < -0.39 is 12.2 Å². The van der Waals surface area contributed by atoms with Crippen LogP contribution in [0.3, 0.4) is 0 Å². The molecule has 6 heteroatoms. The number of ether oxygens (including phenoxy) is 2. The molecule has 0 saturated heterocycles. The predicted octanol–water partition coefficient (Wildman–Crippen LogP) is 1.98. The molecule has 2 rings (SSSR count). The molecule has 0 aliphatic carbocycles. The Balaban J connectivity index is 2.31. The molecule has 0 saturated carbocycles. The number of rotatable bonds is 1. The summed E-state index contributed by atoms with van der Waals surface area (Å²) in [6, 6.07) is 1.96. The number of nitrogens with two attached hydrogens (primary N) is 1. The lowest BCUT2D eigenvalue weighted by molar-refractivity contribution is -0.149. The zero-order valence-corrected chi connectivity index (χ0v) is 7.54. The van der Waals surface area contributed by atoms with Crippen molar-refractivity contribution in [2.45, 2.75) is 12.2 Å². The standard InChI is InChI=1S/C9H8F3NO2/c10-9(11,12)8(13)5-1-2-6-7(3-5)15-4-14-6/h1-3,8H,4,13H2. The van der Waals surface area contributed by atoms with Gasteiger partial charge in [0.15, 0.2) is 11.5 Å². The van der Waals surface area contributed by atoms with Gasteiger partial charge in [-0.15, -0.1) is 0 Å². The van der Waals surface area contributed by atoms with Gasteiger partial charge in [0.1, 0.15) is 6.04 Å². The second-order valence-corrected chi connectivity index (χ2v) is 3.13. The number of alkyl halides is 3. The first kappa shape index (κ1) is 10.1. The van der Waals surface area contributed by atoms with Gasteiger partial charge < -0.3 is 15.2 Å². The minimum absolute atomic E-state index is 0.0278. The van der Waals surface area contributed by atoms with Crippen molar-refractivity contribution >= 4 is 0 Å². The third-order valence-corrected chi connectivity index (χ3v) is 2.11. The Morgan fingerprint density at radius 3 is 2.53 bits per heavy atom. The second-order valence-electron chi connectivity index (χ2n) is 3.13. The average Bonchev–Trinajstić information content (AvgIpc) is 2.61. The van der Waals surface area contributed by atoms with Gasteiger partial charge in [0.2, 0.25) is 6.79 Å². The van der Waals surface area contributed by atoms with E-state index in [4.69, 9.17) is 15.2 Å². The van der Waals surface area contributed by atoms with Gasteiger partial charge in [-0.25, -0.2) is 0 Å². The minimum Gasteiger partial charge on any atom is -0.454 e. The molecule has 0 aromatic heterocycles. The molecule has 2 N–H and O–H groups in total. The third kappa shape index (κ3) is 1.85. The van der Waals surface area contributed by atoms with Gasteiger partial charge in [-0.2, -0.15) is 13.2 Å². The fraction of sp³-hybridized carbons (Fsp3) is 0.333. The maximum atomic E-state index is 12.3. The Kier molecular flexibility index (Phi) is 2.22. The number of halogens is 3. The molecule has 0 fully saturated rings. The van der Waals surface area contributed by atoms with Crippen molar-refractivity contribution in [2.24, 2.45) is 5.73 Å². The summed E-state index contributed by atoms with van der Waals surface area (Å²) >= 11 is 0. The van der Waals surface area contributed by atoms with E-state index in [0.29, 0.717) is 11.5 Å². The predicted molar refractivity (Wildman–Crippen MR) is 45.5 cm³/mol. The van der Waals surface area contributed by atoms with Crippen LogP contribution >= 0.6 is 0 Å². The van der Waals surface area contributed by atoms with Crippen molar-refractivity contribution in [1.29, 1.82) is 0 Å². The molecular formula is C9H8F3NO2. The fourth-order valence-electron chi connectivity index (χ4n) is 1.30. The lowest BCUT2D eigenvalue weighted by Gasteiger charge is -2.15. The Labute approximate surface area is 83.6 Å². The Hall–Kier alpha value is -1.43. The zero-order chi connectivity index (χ0) is 11.1. The van der Waals surface area contributed by atoms with E-state index in [1.807, 2.05) is 0 Å². The molecule has 0 radical (unpaired) electrons. The molecule has 1 aromatic carbocycles. The monoisotopic (exact) mass is 219 g/mol. The summed E-state index contributed by atoms with van der Waals surface area (Å²) in [5, 5.41) is 0. The van der Waals surface area contributed by atoms with Gasteiger partial charge >= 0.3 is 6.18 Å².